The van der Waals surface area contributed by atoms with Crippen molar-refractivity contribution in [1.82, 2.24) is 0 Å². The Bertz CT molecular complexity index is 478. The summed E-state index contributed by atoms with van der Waals surface area (Å²) in [5.74, 6) is 0.703. The van der Waals surface area contributed by atoms with Gasteiger partial charge >= 0.3 is 5.97 Å². The van der Waals surface area contributed by atoms with E-state index in [1.54, 1.807) is 13.8 Å². The summed E-state index contributed by atoms with van der Waals surface area (Å²) < 4.78 is 6.77. The fourth-order valence-corrected chi connectivity index (χ4v) is 2.28. The number of carboxylic acids is 1. The zero-order valence-electron chi connectivity index (χ0n) is 11.3. The van der Waals surface area contributed by atoms with Crippen molar-refractivity contribution >= 4 is 21.9 Å². The van der Waals surface area contributed by atoms with E-state index in [2.05, 4.69) is 15.9 Å². The molecule has 0 aromatic heterocycles. The molecule has 2 rings (SSSR count). The molecular weight excluding hydrogens is 308 g/mol. The van der Waals surface area contributed by atoms with Crippen molar-refractivity contribution in [3.63, 3.8) is 0 Å². The molecule has 0 heterocycles. The van der Waals surface area contributed by atoms with Crippen LogP contribution < -0.4 is 4.74 Å². The van der Waals surface area contributed by atoms with Crippen LogP contribution in [0.2, 0.25) is 0 Å². The first-order chi connectivity index (χ1) is 8.88. The highest BCUT2D eigenvalue weighted by Gasteiger charge is 2.29. The van der Waals surface area contributed by atoms with E-state index in [1.165, 1.54) is 12.8 Å². The van der Waals surface area contributed by atoms with Gasteiger partial charge in [-0.2, -0.15) is 0 Å². The first kappa shape index (κ1) is 14.4. The summed E-state index contributed by atoms with van der Waals surface area (Å²) in [5.41, 5.74) is 0.154. The Morgan fingerprint density at radius 2 is 2.16 bits per heavy atom. The Morgan fingerprint density at radius 3 is 2.74 bits per heavy atom. The molecule has 1 fully saturated rings. The molecule has 1 aromatic rings. The molecule has 0 saturated heterocycles. The summed E-state index contributed by atoms with van der Waals surface area (Å²) in [4.78, 5) is 11.2. The van der Waals surface area contributed by atoms with Gasteiger partial charge in [0.1, 0.15) is 5.75 Å². The maximum absolute atomic E-state index is 11.2. The highest BCUT2D eigenvalue weighted by molar-refractivity contribution is 9.10. The van der Waals surface area contributed by atoms with Crippen molar-refractivity contribution in [2.45, 2.75) is 33.1 Å². The molecule has 3 nitrogen and oxygen atoms in total. The molecule has 0 bridgehead atoms. The SMILES string of the molecule is CC(C)(Cc1cc(Br)ccc1OCC1CC1)C(=O)O. The van der Waals surface area contributed by atoms with Crippen molar-refractivity contribution in [1.29, 1.82) is 0 Å². The molecule has 1 aliphatic rings. The third kappa shape index (κ3) is 3.96. The van der Waals surface area contributed by atoms with Crippen LogP contribution >= 0.6 is 15.9 Å². The summed E-state index contributed by atoms with van der Waals surface area (Å²) in [6, 6.07) is 5.80. The van der Waals surface area contributed by atoms with Gasteiger partial charge in [0.2, 0.25) is 0 Å². The Labute approximate surface area is 122 Å². The third-order valence-corrected chi connectivity index (χ3v) is 3.90. The van der Waals surface area contributed by atoms with Gasteiger partial charge in [0, 0.05) is 4.47 Å². The van der Waals surface area contributed by atoms with Crippen LogP contribution in [0, 0.1) is 11.3 Å². The molecule has 104 valence electrons. The standard InChI is InChI=1S/C15H19BrO3/c1-15(2,14(17)18)8-11-7-12(16)5-6-13(11)19-9-10-3-4-10/h5-7,10H,3-4,8-9H2,1-2H3,(H,17,18). The minimum Gasteiger partial charge on any atom is -0.493 e. The molecule has 4 heteroatoms. The molecule has 1 saturated carbocycles. The summed E-state index contributed by atoms with van der Waals surface area (Å²) >= 11 is 3.43. The van der Waals surface area contributed by atoms with Crippen LogP contribution in [0.25, 0.3) is 0 Å². The van der Waals surface area contributed by atoms with E-state index >= 15 is 0 Å². The smallest absolute Gasteiger partial charge is 0.309 e. The second kappa shape index (κ2) is 5.53. The van der Waals surface area contributed by atoms with E-state index in [1.807, 2.05) is 18.2 Å². The molecule has 0 spiro atoms. The Morgan fingerprint density at radius 1 is 1.47 bits per heavy atom. The Kier molecular flexibility index (Phi) is 4.19. The Balaban J connectivity index is 2.15. The van der Waals surface area contributed by atoms with Crippen LogP contribution in [0.5, 0.6) is 5.75 Å². The highest BCUT2D eigenvalue weighted by atomic mass is 79.9. The number of hydrogen-bond donors (Lipinski definition) is 1. The van der Waals surface area contributed by atoms with E-state index in [4.69, 9.17) is 4.74 Å². The molecule has 0 aliphatic heterocycles. The predicted octanol–water partition coefficient (Wildman–Crippen LogP) is 3.89. The fourth-order valence-electron chi connectivity index (χ4n) is 1.87. The lowest BCUT2D eigenvalue weighted by atomic mass is 9.85. The number of halogens is 1. The summed E-state index contributed by atoms with van der Waals surface area (Å²) in [6.45, 7) is 4.21. The zero-order chi connectivity index (χ0) is 14.0. The number of carboxylic acid groups (broad SMARTS) is 1. The average Bonchev–Trinajstić information content (AvgIpc) is 3.11. The predicted molar refractivity (Wildman–Crippen MR) is 77.5 cm³/mol. The van der Waals surface area contributed by atoms with Gasteiger partial charge in [-0.05, 0) is 62.8 Å². The van der Waals surface area contributed by atoms with Gasteiger partial charge < -0.3 is 9.84 Å². The monoisotopic (exact) mass is 326 g/mol. The van der Waals surface area contributed by atoms with Gasteiger partial charge in [-0.1, -0.05) is 15.9 Å². The van der Waals surface area contributed by atoms with E-state index in [-0.39, 0.29) is 0 Å². The van der Waals surface area contributed by atoms with E-state index in [0.717, 1.165) is 22.4 Å². The lowest BCUT2D eigenvalue weighted by Crippen LogP contribution is -2.26. The van der Waals surface area contributed by atoms with Crippen molar-refractivity contribution in [3.8, 4) is 5.75 Å². The van der Waals surface area contributed by atoms with Crippen molar-refractivity contribution in [2.24, 2.45) is 11.3 Å². The third-order valence-electron chi connectivity index (χ3n) is 3.41. The van der Waals surface area contributed by atoms with Crippen LogP contribution in [0.1, 0.15) is 32.3 Å². The molecule has 19 heavy (non-hydrogen) atoms. The molecule has 1 aliphatic carbocycles. The van der Waals surface area contributed by atoms with Gasteiger partial charge in [0.25, 0.3) is 0 Å². The van der Waals surface area contributed by atoms with Crippen LogP contribution in [-0.4, -0.2) is 17.7 Å². The number of benzene rings is 1. The number of ether oxygens (including phenoxy) is 1. The fraction of sp³-hybridized carbons (Fsp3) is 0.533. The van der Waals surface area contributed by atoms with Crippen LogP contribution in [-0.2, 0) is 11.2 Å². The second-order valence-electron chi connectivity index (χ2n) is 5.87. The summed E-state index contributed by atoms with van der Waals surface area (Å²) in [5, 5.41) is 9.24. The van der Waals surface area contributed by atoms with E-state index in [0.29, 0.717) is 12.3 Å². The topological polar surface area (TPSA) is 46.5 Å². The van der Waals surface area contributed by atoms with Crippen LogP contribution in [0.3, 0.4) is 0 Å². The minimum absolute atomic E-state index is 0.460. The van der Waals surface area contributed by atoms with Crippen LogP contribution in [0.15, 0.2) is 22.7 Å². The molecule has 0 amide bonds. The molecular formula is C15H19BrO3. The number of carbonyl (C=O) groups is 1. The van der Waals surface area contributed by atoms with Gasteiger partial charge in [-0.15, -0.1) is 0 Å². The first-order valence-electron chi connectivity index (χ1n) is 6.53. The zero-order valence-corrected chi connectivity index (χ0v) is 12.9. The largest absolute Gasteiger partial charge is 0.493 e. The number of aliphatic carboxylic acids is 1. The minimum atomic E-state index is -0.793. The van der Waals surface area contributed by atoms with E-state index in [9.17, 15) is 9.90 Å². The first-order valence-corrected chi connectivity index (χ1v) is 7.32. The van der Waals surface area contributed by atoms with Crippen molar-refractivity contribution in [3.05, 3.63) is 28.2 Å². The maximum Gasteiger partial charge on any atom is 0.309 e. The lowest BCUT2D eigenvalue weighted by molar-refractivity contribution is -0.146. The maximum atomic E-state index is 11.2. The van der Waals surface area contributed by atoms with E-state index < -0.39 is 11.4 Å². The molecule has 1 N–H and O–H groups in total. The normalized spacial score (nSPS) is 15.3. The van der Waals surface area contributed by atoms with Gasteiger partial charge in [-0.3, -0.25) is 4.79 Å². The quantitative estimate of drug-likeness (QED) is 0.862. The van der Waals surface area contributed by atoms with Crippen LogP contribution in [0.4, 0.5) is 0 Å². The van der Waals surface area contributed by atoms with Crippen molar-refractivity contribution < 1.29 is 14.6 Å². The second-order valence-corrected chi connectivity index (χ2v) is 6.79. The molecule has 0 radical (unpaired) electrons. The van der Waals surface area contributed by atoms with Gasteiger partial charge in [-0.25, -0.2) is 0 Å². The number of hydrogen-bond acceptors (Lipinski definition) is 2. The number of rotatable bonds is 6. The molecule has 0 unspecified atom stereocenters. The van der Waals surface area contributed by atoms with Crippen molar-refractivity contribution in [2.75, 3.05) is 6.61 Å². The summed E-state index contributed by atoms with van der Waals surface area (Å²) in [6.07, 6.45) is 2.95. The molecule has 0 atom stereocenters. The summed E-state index contributed by atoms with van der Waals surface area (Å²) in [7, 11) is 0. The van der Waals surface area contributed by atoms with Gasteiger partial charge in [0.15, 0.2) is 0 Å². The Hall–Kier alpha value is -1.03. The lowest BCUT2D eigenvalue weighted by Gasteiger charge is -2.21. The van der Waals surface area contributed by atoms with Gasteiger partial charge in [0.05, 0.1) is 12.0 Å². The highest BCUT2D eigenvalue weighted by Crippen LogP contribution is 2.33. The average molecular weight is 327 g/mol. The molecule has 1 aromatic carbocycles.